The highest BCUT2D eigenvalue weighted by atomic mass is 79.9. The molecule has 0 radical (unpaired) electrons. The zero-order valence-corrected chi connectivity index (χ0v) is 26.4. The standard InChI is InChI=1S/C31H47BrO8/c1-7-18-11-9-8-10-16(2)28(34)24-14-21-20-12-19(40-31(35)29(37-5)17(3)36-4)13-23(20)27(32)30(38-6)26(21)22(24)15-25(33)39-18/h14,16,18-23,26-27,30-31,35H,7-13,15H2,1-6H3/b29-17+/t16-,18+,19+,20+,21?,22-,23?,26-,27?,30?,31?/m1/s1. The Labute approximate surface area is 247 Å². The van der Waals surface area contributed by atoms with Crippen LogP contribution >= 0.6 is 15.9 Å². The molecule has 4 rings (SSSR count). The van der Waals surface area contributed by atoms with Crippen molar-refractivity contribution >= 4 is 27.7 Å². The van der Waals surface area contributed by atoms with Crippen molar-refractivity contribution in [3.05, 3.63) is 23.2 Å². The summed E-state index contributed by atoms with van der Waals surface area (Å²) in [5.41, 5.74) is 0.778. The molecule has 0 spiro atoms. The van der Waals surface area contributed by atoms with Gasteiger partial charge in [0, 0.05) is 29.7 Å². The summed E-state index contributed by atoms with van der Waals surface area (Å²) < 4.78 is 28.8. The molecule has 0 aromatic heterocycles. The van der Waals surface area contributed by atoms with Gasteiger partial charge in [-0.05, 0) is 68.8 Å². The van der Waals surface area contributed by atoms with Gasteiger partial charge in [-0.25, -0.2) is 0 Å². The number of hydrogen-bond donors (Lipinski definition) is 1. The van der Waals surface area contributed by atoms with Gasteiger partial charge in [-0.3, -0.25) is 9.59 Å². The van der Waals surface area contributed by atoms with Gasteiger partial charge in [-0.2, -0.15) is 0 Å². The third-order valence-corrected chi connectivity index (χ3v) is 11.1. The van der Waals surface area contributed by atoms with Gasteiger partial charge in [-0.1, -0.05) is 42.3 Å². The fourth-order valence-corrected chi connectivity index (χ4v) is 8.94. The van der Waals surface area contributed by atoms with E-state index in [0.29, 0.717) is 5.76 Å². The van der Waals surface area contributed by atoms with E-state index in [2.05, 4.69) is 28.9 Å². The van der Waals surface area contributed by atoms with E-state index in [1.165, 1.54) is 14.2 Å². The molecule has 0 amide bonds. The molecular weight excluding hydrogens is 580 g/mol. The van der Waals surface area contributed by atoms with Crippen molar-refractivity contribution in [2.45, 2.75) is 102 Å². The minimum Gasteiger partial charge on any atom is -0.498 e. The fraction of sp³-hybridized carbons (Fsp3) is 0.806. The Morgan fingerprint density at radius 2 is 1.82 bits per heavy atom. The second kappa shape index (κ2) is 13.7. The molecule has 8 nitrogen and oxygen atoms in total. The number of methoxy groups -OCH3 is 3. The molecule has 11 atom stereocenters. The average molecular weight is 628 g/mol. The van der Waals surface area contributed by atoms with E-state index in [9.17, 15) is 14.7 Å². The SMILES string of the molecule is CC[C@H]1CCCC[C@@H](C)C(=O)C2=CC3[C@@H]4C[C@H](OC(O)/C(OC)=C(/C)OC)CC4C(Br)C(OC)[C@H]3[C@@H]2CC(=O)O1. The van der Waals surface area contributed by atoms with Crippen LogP contribution in [0.5, 0.6) is 0 Å². The fourth-order valence-electron chi connectivity index (χ4n) is 7.76. The van der Waals surface area contributed by atoms with Gasteiger partial charge >= 0.3 is 5.97 Å². The summed E-state index contributed by atoms with van der Waals surface area (Å²) >= 11 is 3.97. The molecule has 0 bridgehead atoms. The third-order valence-electron chi connectivity index (χ3n) is 9.87. The van der Waals surface area contributed by atoms with Gasteiger partial charge < -0.3 is 28.8 Å². The Morgan fingerprint density at radius 3 is 2.48 bits per heavy atom. The second-order valence-electron chi connectivity index (χ2n) is 12.0. The summed E-state index contributed by atoms with van der Waals surface area (Å²) in [5.74, 6) is 0.813. The average Bonchev–Trinajstić information content (AvgIpc) is 3.51. The number of cyclic esters (lactones) is 1. The lowest BCUT2D eigenvalue weighted by molar-refractivity contribution is -0.152. The quantitative estimate of drug-likeness (QED) is 0.176. The van der Waals surface area contributed by atoms with Crippen molar-refractivity contribution in [1.82, 2.24) is 0 Å². The third kappa shape index (κ3) is 6.32. The van der Waals surface area contributed by atoms with Crippen LogP contribution in [0, 0.1) is 35.5 Å². The highest BCUT2D eigenvalue weighted by Crippen LogP contribution is 2.58. The predicted molar refractivity (Wildman–Crippen MR) is 153 cm³/mol. The molecule has 4 aliphatic rings. The van der Waals surface area contributed by atoms with Crippen LogP contribution in [0.25, 0.3) is 0 Å². The summed E-state index contributed by atoms with van der Waals surface area (Å²) in [4.78, 5) is 27.1. The van der Waals surface area contributed by atoms with Gasteiger partial charge in [0.05, 0.1) is 32.8 Å². The predicted octanol–water partition coefficient (Wildman–Crippen LogP) is 5.31. The Morgan fingerprint density at radius 1 is 1.12 bits per heavy atom. The smallest absolute Gasteiger partial charge is 0.306 e. The number of Topliss-reactive ketones (excluding diaryl/α,β-unsaturated/α-hetero) is 1. The summed E-state index contributed by atoms with van der Waals surface area (Å²) in [7, 11) is 4.73. The number of halogens is 1. The van der Waals surface area contributed by atoms with Crippen molar-refractivity contribution in [2.75, 3.05) is 21.3 Å². The van der Waals surface area contributed by atoms with Crippen molar-refractivity contribution in [3.63, 3.8) is 0 Å². The molecule has 3 aliphatic carbocycles. The van der Waals surface area contributed by atoms with Gasteiger partial charge in [-0.15, -0.1) is 0 Å². The van der Waals surface area contributed by atoms with Crippen LogP contribution in [-0.2, 0) is 33.3 Å². The second-order valence-corrected chi connectivity index (χ2v) is 13.1. The zero-order valence-electron chi connectivity index (χ0n) is 24.8. The van der Waals surface area contributed by atoms with Crippen LogP contribution in [0.15, 0.2) is 23.2 Å². The van der Waals surface area contributed by atoms with Crippen molar-refractivity contribution in [3.8, 4) is 0 Å². The zero-order chi connectivity index (χ0) is 29.1. The number of esters is 1. The van der Waals surface area contributed by atoms with Crippen LogP contribution in [-0.4, -0.2) is 67.6 Å². The molecule has 226 valence electrons. The summed E-state index contributed by atoms with van der Waals surface area (Å²) in [5, 5.41) is 10.8. The molecule has 0 aromatic carbocycles. The number of carbonyl (C=O) groups excluding carboxylic acids is 2. The first-order valence-corrected chi connectivity index (χ1v) is 15.8. The number of carbonyl (C=O) groups is 2. The van der Waals surface area contributed by atoms with Crippen LogP contribution in [0.3, 0.4) is 0 Å². The Hall–Kier alpha value is -1.42. The number of alkyl halides is 1. The highest BCUT2D eigenvalue weighted by Gasteiger charge is 2.59. The monoisotopic (exact) mass is 626 g/mol. The number of aliphatic hydroxyl groups excluding tert-OH is 1. The molecule has 1 saturated heterocycles. The number of aliphatic hydroxyl groups is 1. The molecule has 40 heavy (non-hydrogen) atoms. The van der Waals surface area contributed by atoms with Crippen LogP contribution in [0.2, 0.25) is 0 Å². The lowest BCUT2D eigenvalue weighted by Crippen LogP contribution is -2.50. The molecule has 9 heteroatoms. The highest BCUT2D eigenvalue weighted by molar-refractivity contribution is 9.09. The largest absolute Gasteiger partial charge is 0.498 e. The minimum atomic E-state index is -1.24. The summed E-state index contributed by atoms with van der Waals surface area (Å²) in [6.45, 7) is 5.80. The lowest BCUT2D eigenvalue weighted by atomic mass is 9.64. The Balaban J connectivity index is 1.63. The molecule has 0 aromatic rings. The van der Waals surface area contributed by atoms with E-state index < -0.39 is 6.29 Å². The van der Waals surface area contributed by atoms with Crippen molar-refractivity contribution in [2.24, 2.45) is 35.5 Å². The van der Waals surface area contributed by atoms with E-state index in [-0.39, 0.29) is 82.6 Å². The van der Waals surface area contributed by atoms with Crippen LogP contribution < -0.4 is 0 Å². The molecule has 5 unspecified atom stereocenters. The van der Waals surface area contributed by atoms with Crippen molar-refractivity contribution in [1.29, 1.82) is 0 Å². The number of allylic oxidation sites excluding steroid dienone is 3. The van der Waals surface area contributed by atoms with Crippen molar-refractivity contribution < 1.29 is 38.4 Å². The Kier molecular flexibility index (Phi) is 10.8. The number of fused-ring (bicyclic) bond motifs is 5. The molecular formula is C31H47BrO8. The van der Waals surface area contributed by atoms with Crippen LogP contribution in [0.1, 0.15) is 72.1 Å². The first kappa shape index (κ1) is 31.5. The van der Waals surface area contributed by atoms with Gasteiger partial charge in [0.2, 0.25) is 6.29 Å². The van der Waals surface area contributed by atoms with E-state index in [4.69, 9.17) is 23.7 Å². The van der Waals surface area contributed by atoms with E-state index in [1.54, 1.807) is 14.0 Å². The van der Waals surface area contributed by atoms with Gasteiger partial charge in [0.25, 0.3) is 0 Å². The molecule has 2 saturated carbocycles. The molecule has 3 fully saturated rings. The maximum Gasteiger partial charge on any atom is 0.306 e. The van der Waals surface area contributed by atoms with Crippen LogP contribution in [0.4, 0.5) is 0 Å². The number of hydrogen-bond acceptors (Lipinski definition) is 8. The van der Waals surface area contributed by atoms with Gasteiger partial charge in [0.15, 0.2) is 11.5 Å². The lowest BCUT2D eigenvalue weighted by Gasteiger charge is -2.46. The maximum absolute atomic E-state index is 13.8. The molecule has 1 N–H and O–H groups in total. The number of ketones is 1. The van der Waals surface area contributed by atoms with Gasteiger partial charge in [0.1, 0.15) is 11.9 Å². The maximum atomic E-state index is 13.8. The topological polar surface area (TPSA) is 101 Å². The summed E-state index contributed by atoms with van der Waals surface area (Å²) in [6.07, 6.45) is 6.51. The first-order chi connectivity index (χ1) is 19.1. The first-order valence-electron chi connectivity index (χ1n) is 14.9. The normalized spacial score (nSPS) is 39.9. The van der Waals surface area contributed by atoms with E-state index in [0.717, 1.165) is 50.5 Å². The number of rotatable bonds is 7. The number of ether oxygens (including phenoxy) is 5. The van der Waals surface area contributed by atoms with E-state index >= 15 is 0 Å². The minimum absolute atomic E-state index is 0.0220. The van der Waals surface area contributed by atoms with E-state index in [1.807, 2.05) is 6.92 Å². The molecule has 1 heterocycles. The molecule has 1 aliphatic heterocycles. The Bertz CT molecular complexity index is 978. The summed E-state index contributed by atoms with van der Waals surface area (Å²) in [6, 6.07) is 0.